The molecule has 1 N–H and O–H groups in total. The topological polar surface area (TPSA) is 64.6 Å². The number of fused-ring (bicyclic) bond motifs is 2. The second-order valence-electron chi connectivity index (χ2n) is 8.71. The van der Waals surface area contributed by atoms with E-state index in [9.17, 15) is 14.0 Å². The summed E-state index contributed by atoms with van der Waals surface area (Å²) in [5.74, 6) is -0.809. The number of ether oxygens (including phenoxy) is 2. The van der Waals surface area contributed by atoms with Crippen molar-refractivity contribution in [1.29, 1.82) is 0 Å². The summed E-state index contributed by atoms with van der Waals surface area (Å²) < 4.78 is 26.7. The van der Waals surface area contributed by atoms with Crippen LogP contribution in [0.15, 0.2) is 77.5 Å². The number of halogens is 3. The molecule has 0 unspecified atom stereocenters. The summed E-state index contributed by atoms with van der Waals surface area (Å²) in [6.45, 7) is 4.04. The molecule has 3 aromatic rings. The third kappa shape index (κ3) is 4.81. The van der Waals surface area contributed by atoms with Crippen LogP contribution in [0.5, 0.6) is 5.75 Å². The van der Waals surface area contributed by atoms with Crippen LogP contribution in [0, 0.1) is 13.0 Å². The lowest BCUT2D eigenvalue weighted by Gasteiger charge is -2.29. The van der Waals surface area contributed by atoms with E-state index in [2.05, 4.69) is 50.5 Å². The summed E-state index contributed by atoms with van der Waals surface area (Å²) in [7, 11) is 0. The molecule has 1 atom stereocenters. The first kappa shape index (κ1) is 25.9. The van der Waals surface area contributed by atoms with Crippen LogP contribution in [0.25, 0.3) is 5.70 Å². The van der Waals surface area contributed by atoms with Crippen LogP contribution in [0.2, 0.25) is 0 Å². The van der Waals surface area contributed by atoms with Crippen molar-refractivity contribution < 1.29 is 23.5 Å². The fourth-order valence-corrected chi connectivity index (χ4v) is 6.94. The highest BCUT2D eigenvalue weighted by Crippen LogP contribution is 2.48. The Morgan fingerprint density at radius 3 is 2.41 bits per heavy atom. The van der Waals surface area contributed by atoms with Crippen molar-refractivity contribution in [1.82, 2.24) is 5.32 Å². The molecule has 1 aliphatic heterocycles. The van der Waals surface area contributed by atoms with Gasteiger partial charge in [-0.15, -0.1) is 0 Å². The minimum Gasteiger partial charge on any atom is -0.487 e. The van der Waals surface area contributed by atoms with Gasteiger partial charge in [0.25, 0.3) is 0 Å². The average Bonchev–Trinajstić information content (AvgIpc) is 3.14. The number of hydrogen-bond acceptors (Lipinski definition) is 5. The zero-order valence-electron chi connectivity index (χ0n) is 20.0. The molecule has 0 radical (unpaired) electrons. The van der Waals surface area contributed by atoms with E-state index in [1.54, 1.807) is 13.0 Å². The van der Waals surface area contributed by atoms with E-state index in [1.807, 2.05) is 49.4 Å². The Kier molecular flexibility index (Phi) is 7.39. The van der Waals surface area contributed by atoms with Crippen molar-refractivity contribution in [3.05, 3.63) is 113 Å². The first-order valence-corrected chi connectivity index (χ1v) is 13.8. The van der Waals surface area contributed by atoms with Crippen LogP contribution in [-0.2, 0) is 16.1 Å². The van der Waals surface area contributed by atoms with Gasteiger partial charge in [0.15, 0.2) is 5.78 Å². The van der Waals surface area contributed by atoms with Gasteiger partial charge in [0.05, 0.1) is 25.0 Å². The number of rotatable bonds is 6. The van der Waals surface area contributed by atoms with E-state index in [-0.39, 0.29) is 24.8 Å². The molecule has 3 aromatic carbocycles. The predicted molar refractivity (Wildman–Crippen MR) is 156 cm³/mol. The molecule has 1 heterocycles. The highest BCUT2D eigenvalue weighted by molar-refractivity contribution is 14.1. The summed E-state index contributed by atoms with van der Waals surface area (Å²) in [6, 6.07) is 17.6. The van der Waals surface area contributed by atoms with Crippen LogP contribution < -0.4 is 10.1 Å². The Hall–Kier alpha value is -2.73. The Bertz CT molecular complexity index is 1490. The van der Waals surface area contributed by atoms with E-state index < -0.39 is 11.9 Å². The Labute approximate surface area is 241 Å². The fraction of sp³-hybridized carbons (Fsp3) is 0.172. The van der Waals surface area contributed by atoms with Crippen LogP contribution in [0.3, 0.4) is 0 Å². The van der Waals surface area contributed by atoms with Gasteiger partial charge in [-0.2, -0.15) is 0 Å². The number of hydrogen-bond donors (Lipinski definition) is 1. The van der Waals surface area contributed by atoms with E-state index in [1.165, 1.54) is 12.1 Å². The van der Waals surface area contributed by atoms with Crippen molar-refractivity contribution in [2.24, 2.45) is 0 Å². The monoisotopic (exact) mass is 721 g/mol. The minimum absolute atomic E-state index is 0.103. The minimum atomic E-state index is -0.602. The largest absolute Gasteiger partial charge is 0.487 e. The molecule has 2 aliphatic rings. The predicted octanol–water partition coefficient (Wildman–Crippen LogP) is 6.75. The molecule has 0 aromatic heterocycles. The summed E-state index contributed by atoms with van der Waals surface area (Å²) >= 11 is 4.39. The van der Waals surface area contributed by atoms with Crippen molar-refractivity contribution >= 4 is 62.6 Å². The molecule has 0 fully saturated rings. The number of carbonyl (C=O) groups is 2. The Balaban J connectivity index is 1.58. The molecule has 0 spiro atoms. The van der Waals surface area contributed by atoms with Crippen LogP contribution in [0.4, 0.5) is 4.39 Å². The zero-order chi connectivity index (χ0) is 26.3. The average molecular weight is 721 g/mol. The standard InChI is InChI=1S/C29H22FI2NO4/c1-3-36-29(35)23-15(2)33-26-19-9-4-5-10-20(19)27(34)25(26)24(23)17-12-21(31)28(22(32)13-17)37-14-16-7-6-8-18(30)11-16/h4-13,24,33H,3,14H2,1-2H3/t24-/m1/s1. The number of Topliss-reactive ketones (excluding diaryl/α,β-unsaturated/α-hetero) is 1. The van der Waals surface area contributed by atoms with Gasteiger partial charge in [0.2, 0.25) is 0 Å². The maximum Gasteiger partial charge on any atom is 0.336 e. The second-order valence-corrected chi connectivity index (χ2v) is 11.0. The number of benzene rings is 3. The molecule has 5 nitrogen and oxygen atoms in total. The summed E-state index contributed by atoms with van der Waals surface area (Å²) in [6.07, 6.45) is 0. The molecular weight excluding hydrogens is 699 g/mol. The molecule has 1 aliphatic carbocycles. The molecule has 37 heavy (non-hydrogen) atoms. The maximum absolute atomic E-state index is 13.6. The van der Waals surface area contributed by atoms with Crippen molar-refractivity contribution in [2.45, 2.75) is 26.4 Å². The molecule has 188 valence electrons. The smallest absolute Gasteiger partial charge is 0.336 e. The summed E-state index contributed by atoms with van der Waals surface area (Å²) in [5.41, 5.74) is 5.30. The quantitative estimate of drug-likeness (QED) is 0.226. The molecule has 0 amide bonds. The van der Waals surface area contributed by atoms with Crippen LogP contribution in [0.1, 0.15) is 46.8 Å². The Morgan fingerprint density at radius 2 is 1.73 bits per heavy atom. The van der Waals surface area contributed by atoms with Gasteiger partial charge in [0.1, 0.15) is 18.2 Å². The second kappa shape index (κ2) is 10.6. The molecule has 0 bridgehead atoms. The lowest BCUT2D eigenvalue weighted by atomic mass is 9.80. The van der Waals surface area contributed by atoms with E-state index in [4.69, 9.17) is 9.47 Å². The molecule has 5 rings (SSSR count). The number of dihydropyridines is 1. The third-order valence-electron chi connectivity index (χ3n) is 6.37. The molecule has 0 saturated heterocycles. The van der Waals surface area contributed by atoms with Gasteiger partial charge in [-0.25, -0.2) is 9.18 Å². The number of ketones is 1. The van der Waals surface area contributed by atoms with E-state index >= 15 is 0 Å². The van der Waals surface area contributed by atoms with Gasteiger partial charge in [-0.3, -0.25) is 4.79 Å². The molecule has 8 heteroatoms. The highest BCUT2D eigenvalue weighted by Gasteiger charge is 2.43. The van der Waals surface area contributed by atoms with Gasteiger partial charge in [-0.05, 0) is 94.4 Å². The fourth-order valence-electron chi connectivity index (χ4n) is 4.81. The van der Waals surface area contributed by atoms with Crippen molar-refractivity contribution in [3.8, 4) is 5.75 Å². The first-order chi connectivity index (χ1) is 17.8. The van der Waals surface area contributed by atoms with Gasteiger partial charge < -0.3 is 14.8 Å². The zero-order valence-corrected chi connectivity index (χ0v) is 24.3. The van der Waals surface area contributed by atoms with Crippen LogP contribution in [-0.4, -0.2) is 18.4 Å². The molecule has 0 saturated carbocycles. The van der Waals surface area contributed by atoms with Crippen molar-refractivity contribution in [2.75, 3.05) is 6.61 Å². The SMILES string of the molecule is CCOC(=O)C1=C(C)NC2=C(C(=O)c3ccccc32)[C@@H]1c1cc(I)c(OCc2cccc(F)c2)c(I)c1. The highest BCUT2D eigenvalue weighted by atomic mass is 127. The van der Waals surface area contributed by atoms with E-state index in [0.29, 0.717) is 28.2 Å². The molecular formula is C29H22FI2NO4. The number of nitrogens with one attached hydrogen (secondary N) is 1. The lowest BCUT2D eigenvalue weighted by Crippen LogP contribution is -2.29. The third-order valence-corrected chi connectivity index (χ3v) is 7.97. The van der Waals surface area contributed by atoms with Gasteiger partial charge in [-0.1, -0.05) is 36.4 Å². The normalized spacial score (nSPS) is 16.4. The first-order valence-electron chi connectivity index (χ1n) is 11.7. The van der Waals surface area contributed by atoms with Gasteiger partial charge in [0, 0.05) is 28.3 Å². The van der Waals surface area contributed by atoms with Crippen LogP contribution >= 0.6 is 45.2 Å². The summed E-state index contributed by atoms with van der Waals surface area (Å²) in [5, 5.41) is 3.32. The number of esters is 1. The Morgan fingerprint density at radius 1 is 1.03 bits per heavy atom. The van der Waals surface area contributed by atoms with Gasteiger partial charge >= 0.3 is 5.97 Å². The number of allylic oxidation sites excluding steroid dienone is 2. The summed E-state index contributed by atoms with van der Waals surface area (Å²) in [4.78, 5) is 26.8. The maximum atomic E-state index is 13.6. The lowest BCUT2D eigenvalue weighted by molar-refractivity contribution is -0.138. The van der Waals surface area contributed by atoms with E-state index in [0.717, 1.165) is 29.5 Å². The number of carbonyl (C=O) groups excluding carboxylic acids is 2. The van der Waals surface area contributed by atoms with Crippen molar-refractivity contribution in [3.63, 3.8) is 0 Å².